The molecule has 8 aromatic heterocycles. The lowest BCUT2D eigenvalue weighted by atomic mass is 10.00. The number of aliphatic hydroxyl groups is 1. The lowest BCUT2D eigenvalue weighted by molar-refractivity contribution is -0.0668. The van der Waals surface area contributed by atoms with Crippen LogP contribution in [0.25, 0.3) is 27.6 Å². The number of hydrogen-bond donors (Lipinski definition) is 5. The van der Waals surface area contributed by atoms with Crippen molar-refractivity contribution in [2.24, 2.45) is 0 Å². The number of likely N-dealkylation sites (tertiary alicyclic amines) is 1. The zero-order valence-electron chi connectivity index (χ0n) is 53.5. The second-order valence-electron chi connectivity index (χ2n) is 23.1. The zero-order valence-corrected chi connectivity index (χ0v) is 60.9. The van der Waals surface area contributed by atoms with Crippen molar-refractivity contribution in [3.05, 3.63) is 190 Å². The Kier molecular flexibility index (Phi) is 28.8. The fourth-order valence-electron chi connectivity index (χ4n) is 11.3. The molecule has 29 nitrogen and oxygen atoms in total. The van der Waals surface area contributed by atoms with Crippen molar-refractivity contribution in [2.75, 3.05) is 65.9 Å². The minimum absolute atomic E-state index is 0.122. The van der Waals surface area contributed by atoms with E-state index in [-0.39, 0.29) is 77.9 Å². The first-order valence-electron chi connectivity index (χ1n) is 31.5. The minimum Gasteiger partial charge on any atom is -0.388 e. The SMILES string of the molecule is O=S(Cl)Cl.O=c1[nH]c(CCl)nn2c(C3CCOCC3)ncc12.O=c1[nH]c(CN2CC(OCc3ccc(F)cc3)C2)nn2c(C3CCOCC3)ncc12.O=c1[nH]c(CO)nn2c(C3CCOCC3)ncc12.O=c1[nH]c(COCc2ccccc2)nn2c(C3=CCOCC3)ncc12.PP(P)P. The molecule has 5 N–H and O–H groups in total. The van der Waals surface area contributed by atoms with Gasteiger partial charge in [-0.25, -0.2) is 46.6 Å². The van der Waals surface area contributed by atoms with Crippen LogP contribution in [0.5, 0.6) is 0 Å². The quantitative estimate of drug-likeness (QED) is 0.0376. The Balaban J connectivity index is 0.000000140. The number of halogens is 4. The summed E-state index contributed by atoms with van der Waals surface area (Å²) in [6, 6.07) is 16.2. The third kappa shape index (κ3) is 21.3. The molecule has 10 aromatic rings. The molecule has 13 heterocycles. The van der Waals surface area contributed by atoms with Crippen molar-refractivity contribution in [1.29, 1.82) is 0 Å². The molecule has 530 valence electrons. The highest BCUT2D eigenvalue weighted by Crippen LogP contribution is 2.60. The van der Waals surface area contributed by atoms with Crippen LogP contribution in [-0.2, 0) is 76.5 Å². The molecule has 0 spiro atoms. The maximum Gasteiger partial charge on any atom is 0.277 e. The smallest absolute Gasteiger partial charge is 0.277 e. The number of fused-ring (bicyclic) bond motifs is 4. The van der Waals surface area contributed by atoms with Gasteiger partial charge in [-0.1, -0.05) is 48.5 Å². The topological polar surface area (TPSA) is 348 Å². The molecule has 4 fully saturated rings. The molecule has 2 aromatic carbocycles. The van der Waals surface area contributed by atoms with E-state index in [0.29, 0.717) is 111 Å². The Morgan fingerprint density at radius 1 is 0.576 bits per heavy atom. The standard InChI is InChI=1S/C21H24FN5O3.C18H18N4O3.C11H13ClN4O2.C11H14N4O3.Cl2OS.H6P4/c22-16-3-1-14(2-4-16)13-30-17-10-26(11-17)12-19-24-21(28)18-9-23-20(27(18)25-19)15-5-7-29-8-6-15;23-18-15-10-19-17(14-6-8-24-9-7-14)22(15)21-16(20-18)12-25-11-13-4-2-1-3-5-13;12-5-9-14-11(17)8-6-13-10(16(8)15-9)7-1-3-18-4-2-7;16-6-9-13-11(17)8-5-12-10(15(8)14-9)7-1-3-18-4-2-7;2*1-4(2)3/h1-4,9,15,17H,5-8,10-13H2,(H,24,25,28);1-6,10H,7-9,11-12H2,(H,20,21,23);6-7H,1-5H2,(H,14,15,17);5,7,16H,1-4,6H2,(H,13,14,17);;1-3H2. The highest BCUT2D eigenvalue weighted by Gasteiger charge is 2.30. The molecule has 15 rings (SSSR count). The second-order valence-corrected chi connectivity index (χ2v) is 37.5. The zero-order chi connectivity index (χ0) is 69.8. The van der Waals surface area contributed by atoms with Crippen LogP contribution in [0.1, 0.15) is 120 Å². The van der Waals surface area contributed by atoms with E-state index in [4.69, 9.17) is 49.3 Å². The van der Waals surface area contributed by atoms with Crippen molar-refractivity contribution in [2.45, 2.75) is 108 Å². The molecule has 0 radical (unpaired) electrons. The number of rotatable bonds is 15. The first-order chi connectivity index (χ1) is 48.0. The monoisotopic (exact) mass is 1520 g/mol. The van der Waals surface area contributed by atoms with Crippen LogP contribution >= 0.6 is 66.7 Å². The third-order valence-corrected chi connectivity index (χ3v) is 16.5. The van der Waals surface area contributed by atoms with Gasteiger partial charge in [0, 0.05) is 91.8 Å². The van der Waals surface area contributed by atoms with Gasteiger partial charge in [-0.15, -0.1) is 43.5 Å². The molecule has 3 unspecified atom stereocenters. The van der Waals surface area contributed by atoms with Gasteiger partial charge in [0.1, 0.15) is 48.2 Å². The number of aromatic nitrogens is 16. The third-order valence-electron chi connectivity index (χ3n) is 16.2. The number of hydrogen-bond acceptors (Lipinski definition) is 21. The van der Waals surface area contributed by atoms with Crippen LogP contribution in [0.2, 0.25) is 0 Å². The lowest BCUT2D eigenvalue weighted by Crippen LogP contribution is -2.51. The Morgan fingerprint density at radius 2 is 1.01 bits per heavy atom. The molecule has 38 heteroatoms. The Morgan fingerprint density at radius 3 is 1.49 bits per heavy atom. The molecule has 99 heavy (non-hydrogen) atoms. The summed E-state index contributed by atoms with van der Waals surface area (Å²) in [6.45, 7) is 8.54. The van der Waals surface area contributed by atoms with E-state index in [9.17, 15) is 23.6 Å². The summed E-state index contributed by atoms with van der Waals surface area (Å²) < 4.78 is 61.5. The van der Waals surface area contributed by atoms with Crippen molar-refractivity contribution < 1.29 is 42.1 Å². The van der Waals surface area contributed by atoms with Crippen LogP contribution < -0.4 is 22.2 Å². The molecule has 3 atom stereocenters. The van der Waals surface area contributed by atoms with Gasteiger partial charge in [0.15, 0.2) is 39.5 Å². The second kappa shape index (κ2) is 37.7. The van der Waals surface area contributed by atoms with Gasteiger partial charge < -0.3 is 53.5 Å². The molecule has 0 saturated carbocycles. The van der Waals surface area contributed by atoms with Gasteiger partial charge in [0.2, 0.25) is 9.23 Å². The van der Waals surface area contributed by atoms with Crippen molar-refractivity contribution in [3.8, 4) is 0 Å². The van der Waals surface area contributed by atoms with Crippen molar-refractivity contribution in [1.82, 2.24) is 83.2 Å². The van der Waals surface area contributed by atoms with Crippen LogP contribution in [0.4, 0.5) is 4.39 Å². The van der Waals surface area contributed by atoms with Gasteiger partial charge >= 0.3 is 0 Å². The minimum atomic E-state index is -1.67. The molecule has 0 amide bonds. The first-order valence-corrected chi connectivity index (χ1v) is 41.1. The predicted molar refractivity (Wildman–Crippen MR) is 383 cm³/mol. The van der Waals surface area contributed by atoms with E-state index in [0.717, 1.165) is 105 Å². The number of ether oxygens (including phenoxy) is 6. The summed E-state index contributed by atoms with van der Waals surface area (Å²) >= 11 is 5.72. The highest BCUT2D eigenvalue weighted by molar-refractivity contribution is 8.65. The molecule has 4 saturated heterocycles. The summed E-state index contributed by atoms with van der Waals surface area (Å²) in [7, 11) is 15.3. The van der Waals surface area contributed by atoms with E-state index >= 15 is 0 Å². The number of aliphatic hydroxyl groups excluding tert-OH is 1. The van der Waals surface area contributed by atoms with Gasteiger partial charge in [0.25, 0.3) is 22.2 Å². The summed E-state index contributed by atoms with van der Waals surface area (Å²) in [5.41, 5.74) is 3.97. The van der Waals surface area contributed by atoms with E-state index in [1.807, 2.05) is 36.4 Å². The van der Waals surface area contributed by atoms with Crippen LogP contribution in [0, 0.1) is 5.82 Å². The number of H-pyrrole nitrogens is 4. The highest BCUT2D eigenvalue weighted by atomic mass is 36.0. The average molecular weight is 1520 g/mol. The predicted octanol–water partition coefficient (Wildman–Crippen LogP) is 7.53. The molecule has 5 aliphatic heterocycles. The number of imidazole rings is 4. The number of nitrogens with one attached hydrogen (secondary N) is 4. The van der Waals surface area contributed by atoms with Gasteiger partial charge in [-0.3, -0.25) is 24.1 Å². The molecule has 0 bridgehead atoms. The fourth-order valence-corrected chi connectivity index (χ4v) is 11.5. The van der Waals surface area contributed by atoms with Crippen LogP contribution in [0.3, 0.4) is 0 Å². The Hall–Kier alpha value is -6.07. The Bertz CT molecular complexity index is 4440. The van der Waals surface area contributed by atoms with Crippen LogP contribution in [-0.4, -0.2) is 165 Å². The molecule has 5 aliphatic rings. The van der Waals surface area contributed by atoms with Crippen molar-refractivity contribution in [3.63, 3.8) is 0 Å². The lowest BCUT2D eigenvalue weighted by Gasteiger charge is -2.38. The summed E-state index contributed by atoms with van der Waals surface area (Å²) in [4.78, 5) is 78.7. The van der Waals surface area contributed by atoms with Gasteiger partial charge in [-0.2, -0.15) is 15.3 Å². The number of benzene rings is 2. The molecular weight excluding hydrogens is 1440 g/mol. The maximum atomic E-state index is 13.0. The van der Waals surface area contributed by atoms with Crippen LogP contribution in [0.15, 0.2) is 105 Å². The number of aromatic amines is 4. The largest absolute Gasteiger partial charge is 0.388 e. The summed E-state index contributed by atoms with van der Waals surface area (Å²) in [6.07, 6.45) is 14.4. The first kappa shape index (κ1) is 75.6. The number of nitrogens with zero attached hydrogens (tertiary/aromatic N) is 13. The Labute approximate surface area is 589 Å². The average Bonchev–Trinajstić information content (AvgIpc) is 1.66. The molecule has 0 aliphatic carbocycles. The normalized spacial score (nSPS) is 16.4. The van der Waals surface area contributed by atoms with E-state index in [1.165, 1.54) is 18.3 Å². The van der Waals surface area contributed by atoms with Gasteiger partial charge in [0.05, 0.1) is 69.7 Å². The van der Waals surface area contributed by atoms with Gasteiger partial charge in [-0.05, 0) is 80.8 Å². The molecular formula is C61H75Cl3FN17O12P4S. The maximum absolute atomic E-state index is 13.0. The fraction of sp³-hybridized carbons (Fsp3) is 0.443. The van der Waals surface area contributed by atoms with E-state index < -0.39 is 9.23 Å². The van der Waals surface area contributed by atoms with E-state index in [1.54, 1.807) is 48.8 Å². The summed E-state index contributed by atoms with van der Waals surface area (Å²) in [5, 5.41) is 26.7. The number of alkyl halides is 1. The summed E-state index contributed by atoms with van der Waals surface area (Å²) in [5.74, 6) is 5.66. The van der Waals surface area contributed by atoms with E-state index in [2.05, 4.69) is 113 Å². The van der Waals surface area contributed by atoms with Crippen molar-refractivity contribution >= 4 is 104 Å².